The molecule has 4 aliphatic carbocycles. The van der Waals surface area contributed by atoms with Gasteiger partial charge in [-0.1, -0.05) is 0 Å². The molecule has 0 radical (unpaired) electrons. The topological polar surface area (TPSA) is 46.3 Å². The quantitative estimate of drug-likeness (QED) is 0.866. The van der Waals surface area contributed by atoms with Gasteiger partial charge in [-0.2, -0.15) is 0 Å². The molecule has 4 heteroatoms. The van der Waals surface area contributed by atoms with Crippen LogP contribution in [-0.4, -0.2) is 29.9 Å². The van der Waals surface area contributed by atoms with E-state index in [1.54, 1.807) is 0 Å². The SMILES string of the molecule is CC(N)CC(=O)N(C)C1C2CC3CC(C2)CC1C3.Cl. The third-order valence-electron chi connectivity index (χ3n) is 5.51. The van der Waals surface area contributed by atoms with Crippen molar-refractivity contribution in [1.82, 2.24) is 4.90 Å². The Kier molecular flexibility index (Phi) is 4.46. The number of hydrogen-bond donors (Lipinski definition) is 1. The lowest BCUT2D eigenvalue weighted by Gasteiger charge is -2.56. The molecule has 0 heterocycles. The van der Waals surface area contributed by atoms with Crippen LogP contribution in [-0.2, 0) is 4.79 Å². The summed E-state index contributed by atoms with van der Waals surface area (Å²) in [5.74, 6) is 3.76. The average Bonchev–Trinajstić information content (AvgIpc) is 2.26. The molecule has 2 N–H and O–H groups in total. The van der Waals surface area contributed by atoms with Gasteiger partial charge in [-0.05, 0) is 62.7 Å². The molecule has 0 aromatic carbocycles. The Labute approximate surface area is 122 Å². The molecule has 110 valence electrons. The van der Waals surface area contributed by atoms with Crippen molar-refractivity contribution in [3.8, 4) is 0 Å². The highest BCUT2D eigenvalue weighted by atomic mass is 35.5. The van der Waals surface area contributed by atoms with E-state index in [1.165, 1.54) is 32.1 Å². The smallest absolute Gasteiger partial charge is 0.224 e. The number of nitrogens with two attached hydrogens (primary N) is 1. The highest BCUT2D eigenvalue weighted by Gasteiger charge is 2.50. The Bertz CT molecular complexity index is 317. The minimum atomic E-state index is -0.0169. The number of amides is 1. The molecule has 19 heavy (non-hydrogen) atoms. The van der Waals surface area contributed by atoms with E-state index in [4.69, 9.17) is 5.73 Å². The maximum absolute atomic E-state index is 12.2. The number of rotatable bonds is 3. The summed E-state index contributed by atoms with van der Waals surface area (Å²) < 4.78 is 0. The van der Waals surface area contributed by atoms with Crippen LogP contribution in [0.5, 0.6) is 0 Å². The number of hydrogen-bond acceptors (Lipinski definition) is 2. The van der Waals surface area contributed by atoms with E-state index in [0.29, 0.717) is 12.5 Å². The molecule has 4 bridgehead atoms. The molecule has 1 amide bonds. The van der Waals surface area contributed by atoms with Crippen LogP contribution in [0.25, 0.3) is 0 Å². The van der Waals surface area contributed by atoms with Crippen molar-refractivity contribution in [3.63, 3.8) is 0 Å². The van der Waals surface area contributed by atoms with Crippen LogP contribution >= 0.6 is 12.4 Å². The standard InChI is InChI=1S/C15H26N2O.ClH/c1-9(16)3-14(18)17(2)15-12-5-10-4-11(7-12)8-13(15)6-10;/h9-13,15H,3-8,16H2,1-2H3;1H. The number of halogens is 1. The normalized spacial score (nSPS) is 40.7. The summed E-state index contributed by atoms with van der Waals surface area (Å²) in [6.07, 6.45) is 7.44. The van der Waals surface area contributed by atoms with Crippen LogP contribution in [0.15, 0.2) is 0 Å². The van der Waals surface area contributed by atoms with Gasteiger partial charge in [-0.3, -0.25) is 4.79 Å². The highest BCUT2D eigenvalue weighted by Crippen LogP contribution is 2.54. The number of carbonyl (C=O) groups is 1. The first-order valence-electron chi connectivity index (χ1n) is 7.55. The lowest BCUT2D eigenvalue weighted by Crippen LogP contribution is -2.56. The van der Waals surface area contributed by atoms with Crippen molar-refractivity contribution in [1.29, 1.82) is 0 Å². The summed E-state index contributed by atoms with van der Waals surface area (Å²) in [6, 6.07) is 0.501. The Balaban J connectivity index is 0.00000133. The second-order valence-electron chi connectivity index (χ2n) is 7.11. The van der Waals surface area contributed by atoms with Gasteiger partial charge in [-0.25, -0.2) is 0 Å². The molecule has 4 rings (SSSR count). The molecule has 0 aromatic heterocycles. The Hall–Kier alpha value is -0.280. The van der Waals surface area contributed by atoms with Crippen molar-refractivity contribution in [2.45, 2.75) is 57.5 Å². The third kappa shape index (κ3) is 2.78. The van der Waals surface area contributed by atoms with E-state index in [2.05, 4.69) is 4.90 Å². The Morgan fingerprint density at radius 2 is 1.63 bits per heavy atom. The Morgan fingerprint density at radius 3 is 2.05 bits per heavy atom. The van der Waals surface area contributed by atoms with Crippen LogP contribution in [0.1, 0.15) is 45.4 Å². The predicted molar refractivity (Wildman–Crippen MR) is 79.1 cm³/mol. The fourth-order valence-corrected chi connectivity index (χ4v) is 5.11. The lowest BCUT2D eigenvalue weighted by molar-refractivity contribution is -0.141. The maximum atomic E-state index is 12.2. The van der Waals surface area contributed by atoms with Crippen LogP contribution in [0, 0.1) is 23.7 Å². The van der Waals surface area contributed by atoms with Gasteiger partial charge < -0.3 is 10.6 Å². The molecule has 3 nitrogen and oxygen atoms in total. The van der Waals surface area contributed by atoms with Crippen LogP contribution in [0.2, 0.25) is 0 Å². The zero-order valence-electron chi connectivity index (χ0n) is 12.0. The minimum Gasteiger partial charge on any atom is -0.342 e. The van der Waals surface area contributed by atoms with Gasteiger partial charge in [-0.15, -0.1) is 12.4 Å². The second kappa shape index (κ2) is 5.61. The van der Waals surface area contributed by atoms with Gasteiger partial charge in [0, 0.05) is 25.6 Å². The summed E-state index contributed by atoms with van der Waals surface area (Å²) in [5.41, 5.74) is 5.76. The number of nitrogens with zero attached hydrogens (tertiary/aromatic N) is 1. The van der Waals surface area contributed by atoms with Crippen molar-refractivity contribution in [2.24, 2.45) is 29.4 Å². The lowest BCUT2D eigenvalue weighted by atomic mass is 9.54. The fourth-order valence-electron chi connectivity index (χ4n) is 5.11. The molecule has 4 saturated carbocycles. The number of carbonyl (C=O) groups excluding carboxylic acids is 1. The van der Waals surface area contributed by atoms with Crippen molar-refractivity contribution >= 4 is 18.3 Å². The van der Waals surface area contributed by atoms with E-state index in [9.17, 15) is 4.79 Å². The van der Waals surface area contributed by atoms with E-state index in [0.717, 1.165) is 23.7 Å². The first-order chi connectivity index (χ1) is 8.54. The van der Waals surface area contributed by atoms with Gasteiger partial charge in [0.15, 0.2) is 0 Å². The zero-order chi connectivity index (χ0) is 12.9. The molecule has 4 fully saturated rings. The predicted octanol–water partition coefficient (Wildman–Crippen LogP) is 2.43. The first kappa shape index (κ1) is 15.1. The van der Waals surface area contributed by atoms with Gasteiger partial charge in [0.1, 0.15) is 0 Å². The summed E-state index contributed by atoms with van der Waals surface area (Å²) in [4.78, 5) is 14.3. The molecule has 0 aliphatic heterocycles. The third-order valence-corrected chi connectivity index (χ3v) is 5.51. The molecule has 4 aliphatic rings. The maximum Gasteiger partial charge on any atom is 0.224 e. The molecule has 0 aromatic rings. The molecular formula is C15H27ClN2O. The summed E-state index contributed by atoms with van der Waals surface area (Å²) in [5, 5.41) is 0. The van der Waals surface area contributed by atoms with E-state index in [-0.39, 0.29) is 24.4 Å². The van der Waals surface area contributed by atoms with Gasteiger partial charge in [0.05, 0.1) is 0 Å². The van der Waals surface area contributed by atoms with Crippen LogP contribution in [0.4, 0.5) is 0 Å². The molecule has 0 saturated heterocycles. The molecular weight excluding hydrogens is 260 g/mol. The fraction of sp³-hybridized carbons (Fsp3) is 0.933. The first-order valence-corrected chi connectivity index (χ1v) is 7.55. The van der Waals surface area contributed by atoms with Crippen molar-refractivity contribution in [2.75, 3.05) is 7.05 Å². The summed E-state index contributed by atoms with van der Waals surface area (Å²) in [7, 11) is 2.01. The molecule has 0 spiro atoms. The van der Waals surface area contributed by atoms with Gasteiger partial charge >= 0.3 is 0 Å². The monoisotopic (exact) mass is 286 g/mol. The van der Waals surface area contributed by atoms with Gasteiger partial charge in [0.2, 0.25) is 5.91 Å². The summed E-state index contributed by atoms with van der Waals surface area (Å²) in [6.45, 7) is 1.92. The van der Waals surface area contributed by atoms with Crippen LogP contribution < -0.4 is 5.73 Å². The van der Waals surface area contributed by atoms with E-state index in [1.807, 2.05) is 14.0 Å². The average molecular weight is 287 g/mol. The largest absolute Gasteiger partial charge is 0.342 e. The van der Waals surface area contributed by atoms with Crippen molar-refractivity contribution < 1.29 is 4.79 Å². The molecule has 1 unspecified atom stereocenters. The zero-order valence-corrected chi connectivity index (χ0v) is 12.9. The van der Waals surface area contributed by atoms with Crippen LogP contribution in [0.3, 0.4) is 0 Å². The second-order valence-corrected chi connectivity index (χ2v) is 7.11. The Morgan fingerprint density at radius 1 is 1.16 bits per heavy atom. The van der Waals surface area contributed by atoms with E-state index >= 15 is 0 Å². The minimum absolute atomic E-state index is 0. The van der Waals surface area contributed by atoms with Gasteiger partial charge in [0.25, 0.3) is 0 Å². The molecule has 1 atom stereocenters. The highest BCUT2D eigenvalue weighted by molar-refractivity contribution is 5.85. The van der Waals surface area contributed by atoms with E-state index < -0.39 is 0 Å². The van der Waals surface area contributed by atoms with Crippen molar-refractivity contribution in [3.05, 3.63) is 0 Å². The summed E-state index contributed by atoms with van der Waals surface area (Å²) >= 11 is 0.